The summed E-state index contributed by atoms with van der Waals surface area (Å²) in [7, 11) is 3.16. The third kappa shape index (κ3) is 4.92. The van der Waals surface area contributed by atoms with Crippen LogP contribution >= 0.6 is 11.8 Å². The summed E-state index contributed by atoms with van der Waals surface area (Å²) in [6.07, 6.45) is 0.591. The van der Waals surface area contributed by atoms with Gasteiger partial charge in [0, 0.05) is 48.0 Å². The molecule has 0 fully saturated rings. The van der Waals surface area contributed by atoms with E-state index in [9.17, 15) is 10.1 Å². The Labute approximate surface area is 216 Å². The predicted molar refractivity (Wildman–Crippen MR) is 139 cm³/mol. The van der Waals surface area contributed by atoms with E-state index in [-0.39, 0.29) is 5.69 Å². The van der Waals surface area contributed by atoms with Crippen molar-refractivity contribution < 1.29 is 14.4 Å². The van der Waals surface area contributed by atoms with Gasteiger partial charge >= 0.3 is 0 Å². The average Bonchev–Trinajstić information content (AvgIpc) is 3.47. The van der Waals surface area contributed by atoms with Crippen LogP contribution in [0.4, 0.5) is 5.69 Å². The van der Waals surface area contributed by atoms with E-state index in [1.807, 2.05) is 42.8 Å². The normalized spacial score (nSPS) is 11.4. The van der Waals surface area contributed by atoms with Crippen LogP contribution in [-0.4, -0.2) is 48.5 Å². The number of ether oxygens (including phenoxy) is 2. The van der Waals surface area contributed by atoms with Gasteiger partial charge in [0.15, 0.2) is 28.1 Å². The lowest BCUT2D eigenvalue weighted by Crippen LogP contribution is -2.06. The first-order valence-corrected chi connectivity index (χ1v) is 12.5. The molecule has 11 nitrogen and oxygen atoms in total. The Morgan fingerprint density at radius 1 is 1.03 bits per heavy atom. The number of thioether (sulfide) groups is 1. The van der Waals surface area contributed by atoms with Gasteiger partial charge in [-0.15, -0.1) is 5.10 Å². The maximum Gasteiger partial charge on any atom is 0.269 e. The lowest BCUT2D eigenvalue weighted by Gasteiger charge is -2.11. The molecular formula is C25H25N7O4S. The van der Waals surface area contributed by atoms with Crippen molar-refractivity contribution in [2.45, 2.75) is 37.7 Å². The highest BCUT2D eigenvalue weighted by Gasteiger charge is 2.18. The molecule has 5 rings (SSSR count). The molecule has 3 aromatic heterocycles. The molecule has 0 saturated carbocycles. The van der Waals surface area contributed by atoms with Crippen molar-refractivity contribution in [3.05, 3.63) is 75.4 Å². The molecule has 0 atom stereocenters. The number of aromatic nitrogens is 6. The summed E-state index contributed by atoms with van der Waals surface area (Å²) >= 11 is 1.43. The molecule has 0 radical (unpaired) electrons. The van der Waals surface area contributed by atoms with E-state index in [1.165, 1.54) is 17.8 Å². The molecule has 190 valence electrons. The molecule has 0 aliphatic rings. The molecule has 0 aliphatic heterocycles. The van der Waals surface area contributed by atoms with Gasteiger partial charge < -0.3 is 9.47 Å². The van der Waals surface area contributed by atoms with Crippen LogP contribution < -0.4 is 9.47 Å². The van der Waals surface area contributed by atoms with Crippen molar-refractivity contribution in [3.63, 3.8) is 0 Å². The molecule has 12 heteroatoms. The number of fused-ring (bicyclic) bond motifs is 3. The summed E-state index contributed by atoms with van der Waals surface area (Å²) in [6.45, 7) is 4.64. The van der Waals surface area contributed by atoms with Gasteiger partial charge in [-0.05, 0) is 31.5 Å². The third-order valence-electron chi connectivity index (χ3n) is 5.93. The van der Waals surface area contributed by atoms with Gasteiger partial charge in [0.2, 0.25) is 0 Å². The molecule has 5 aromatic rings. The van der Waals surface area contributed by atoms with Gasteiger partial charge in [-0.1, -0.05) is 23.9 Å². The molecule has 0 unspecified atom stereocenters. The molecule has 0 aliphatic carbocycles. The summed E-state index contributed by atoms with van der Waals surface area (Å²) in [5.41, 5.74) is 4.25. The third-order valence-corrected chi connectivity index (χ3v) is 6.93. The predicted octanol–water partition coefficient (Wildman–Crippen LogP) is 4.55. The molecule has 37 heavy (non-hydrogen) atoms. The molecule has 0 amide bonds. The number of nitro benzene ring substituents is 1. The molecular weight excluding hydrogens is 494 g/mol. The quantitative estimate of drug-likeness (QED) is 0.119. The second-order valence-electron chi connectivity index (χ2n) is 8.50. The van der Waals surface area contributed by atoms with Crippen LogP contribution in [-0.2, 0) is 18.7 Å². The minimum absolute atomic E-state index is 0.0544. The Morgan fingerprint density at radius 2 is 1.81 bits per heavy atom. The molecule has 0 N–H and O–H groups in total. The van der Waals surface area contributed by atoms with Gasteiger partial charge in [0.05, 0.1) is 30.4 Å². The largest absolute Gasteiger partial charge is 0.493 e. The number of aryl methyl sites for hydroxylation is 4. The maximum absolute atomic E-state index is 11.2. The molecule has 3 heterocycles. The minimum Gasteiger partial charge on any atom is -0.493 e. The van der Waals surface area contributed by atoms with Crippen LogP contribution in [0.25, 0.3) is 16.6 Å². The highest BCUT2D eigenvalue weighted by Crippen LogP contribution is 2.35. The van der Waals surface area contributed by atoms with Crippen molar-refractivity contribution >= 4 is 34.0 Å². The summed E-state index contributed by atoms with van der Waals surface area (Å²) < 4.78 is 14.7. The van der Waals surface area contributed by atoms with E-state index in [0.29, 0.717) is 52.4 Å². The second-order valence-corrected chi connectivity index (χ2v) is 9.44. The highest BCUT2D eigenvalue weighted by atomic mass is 32.2. The van der Waals surface area contributed by atoms with Crippen molar-refractivity contribution in [2.75, 3.05) is 14.2 Å². The SMILES string of the molecule is COc1cc2nc(SCc3cccc([N+](=O)[O-])c3)n3nc(CCn4nc(C)cc4C)nc3c2cc1OC. The Hall–Kier alpha value is -4.19. The van der Waals surface area contributed by atoms with Gasteiger partial charge in [-0.25, -0.2) is 9.97 Å². The first kappa shape index (κ1) is 24.5. The number of benzene rings is 2. The number of nitro groups is 1. The maximum atomic E-state index is 11.2. The van der Waals surface area contributed by atoms with Crippen molar-refractivity contribution in [2.24, 2.45) is 0 Å². The first-order valence-electron chi connectivity index (χ1n) is 11.5. The fourth-order valence-corrected chi connectivity index (χ4v) is 5.05. The summed E-state index contributed by atoms with van der Waals surface area (Å²) in [4.78, 5) is 20.5. The molecule has 2 aromatic carbocycles. The number of non-ortho nitro benzene ring substituents is 1. The number of hydrogen-bond donors (Lipinski definition) is 0. The Balaban J connectivity index is 1.55. The Bertz CT molecular complexity index is 1630. The number of nitrogens with zero attached hydrogens (tertiary/aromatic N) is 7. The number of hydrogen-bond acceptors (Lipinski definition) is 9. The highest BCUT2D eigenvalue weighted by molar-refractivity contribution is 7.98. The zero-order chi connectivity index (χ0) is 26.1. The van der Waals surface area contributed by atoms with Crippen LogP contribution in [0.15, 0.2) is 47.6 Å². The van der Waals surface area contributed by atoms with Gasteiger partial charge in [-0.2, -0.15) is 9.61 Å². The van der Waals surface area contributed by atoms with Crippen LogP contribution in [0.1, 0.15) is 22.8 Å². The van der Waals surface area contributed by atoms with Crippen LogP contribution in [0.2, 0.25) is 0 Å². The van der Waals surface area contributed by atoms with Gasteiger partial charge in [0.1, 0.15) is 0 Å². The van der Waals surface area contributed by atoms with Crippen molar-refractivity contribution in [3.8, 4) is 11.5 Å². The van der Waals surface area contributed by atoms with Crippen molar-refractivity contribution in [1.29, 1.82) is 0 Å². The van der Waals surface area contributed by atoms with E-state index in [4.69, 9.17) is 24.5 Å². The second kappa shape index (κ2) is 10.1. The number of rotatable bonds is 9. The van der Waals surface area contributed by atoms with Gasteiger partial charge in [-0.3, -0.25) is 14.8 Å². The molecule has 0 bridgehead atoms. The number of methoxy groups -OCH3 is 2. The minimum atomic E-state index is -0.396. The van der Waals surface area contributed by atoms with E-state index < -0.39 is 4.92 Å². The average molecular weight is 520 g/mol. The van der Waals surface area contributed by atoms with E-state index in [1.54, 1.807) is 30.9 Å². The fourth-order valence-electron chi connectivity index (χ4n) is 4.17. The van der Waals surface area contributed by atoms with E-state index in [2.05, 4.69) is 5.10 Å². The van der Waals surface area contributed by atoms with Gasteiger partial charge in [0.25, 0.3) is 5.69 Å². The van der Waals surface area contributed by atoms with Crippen LogP contribution in [0.5, 0.6) is 11.5 Å². The standard InChI is InChI=1S/C25H25N7O4S/c1-15-10-16(2)30(28-15)9-8-23-27-24-19-12-21(35-3)22(36-4)13-20(19)26-25(31(24)29-23)37-14-17-6-5-7-18(11-17)32(33)34/h5-7,10-13H,8-9,14H2,1-4H3. The first-order chi connectivity index (χ1) is 17.9. The van der Waals surface area contributed by atoms with Crippen LogP contribution in [0.3, 0.4) is 0 Å². The summed E-state index contributed by atoms with van der Waals surface area (Å²) in [5, 5.41) is 21.9. The summed E-state index contributed by atoms with van der Waals surface area (Å²) in [5.74, 6) is 2.27. The molecule has 0 spiro atoms. The zero-order valence-corrected chi connectivity index (χ0v) is 21.7. The topological polar surface area (TPSA) is 123 Å². The van der Waals surface area contributed by atoms with Crippen LogP contribution in [0, 0.1) is 24.0 Å². The van der Waals surface area contributed by atoms with E-state index >= 15 is 0 Å². The summed E-state index contributed by atoms with van der Waals surface area (Å²) in [6, 6.07) is 12.3. The monoisotopic (exact) mass is 519 g/mol. The Morgan fingerprint density at radius 3 is 2.51 bits per heavy atom. The lowest BCUT2D eigenvalue weighted by molar-refractivity contribution is -0.384. The molecule has 0 saturated heterocycles. The van der Waals surface area contributed by atoms with Crippen molar-refractivity contribution in [1.82, 2.24) is 29.4 Å². The Kier molecular flexibility index (Phi) is 6.66. The fraction of sp³-hybridized carbons (Fsp3) is 0.280. The van der Waals surface area contributed by atoms with E-state index in [0.717, 1.165) is 22.3 Å². The zero-order valence-electron chi connectivity index (χ0n) is 20.8. The smallest absolute Gasteiger partial charge is 0.269 e. The lowest BCUT2D eigenvalue weighted by atomic mass is 10.2.